The summed E-state index contributed by atoms with van der Waals surface area (Å²) in [7, 11) is 0. The first-order chi connectivity index (χ1) is 12.0. The van der Waals surface area contributed by atoms with Gasteiger partial charge >= 0.3 is 0 Å². The number of carbonyl (C=O) groups is 1. The maximum Gasteiger partial charge on any atom is 0.276 e. The highest BCUT2D eigenvalue weighted by Gasteiger charge is 2.19. The number of thiazole rings is 1. The van der Waals surface area contributed by atoms with Crippen LogP contribution in [0, 0.1) is 12.7 Å². The molecule has 0 atom stereocenters. The molecule has 130 valence electrons. The van der Waals surface area contributed by atoms with E-state index in [1.165, 1.54) is 41.4 Å². The van der Waals surface area contributed by atoms with Crippen molar-refractivity contribution < 1.29 is 9.18 Å². The van der Waals surface area contributed by atoms with Crippen LogP contribution in [0.3, 0.4) is 0 Å². The number of thioether (sulfide) groups is 1. The first kappa shape index (κ1) is 17.6. The van der Waals surface area contributed by atoms with Crippen LogP contribution in [0.25, 0.3) is 5.69 Å². The van der Waals surface area contributed by atoms with E-state index in [4.69, 9.17) is 0 Å². The Morgan fingerprint density at radius 3 is 2.68 bits per heavy atom. The number of imidazole rings is 1. The number of carbonyl (C=O) groups excluding carboxylic acids is 1. The SMILES string of the molecule is CCc1nc(NC(=O)c2cnc(SC)n2-c2ccc(F)cc2)sc1C. The highest BCUT2D eigenvalue weighted by Crippen LogP contribution is 2.25. The fourth-order valence-corrected chi connectivity index (χ4v) is 3.89. The summed E-state index contributed by atoms with van der Waals surface area (Å²) >= 11 is 2.86. The van der Waals surface area contributed by atoms with Gasteiger partial charge in [-0.15, -0.1) is 11.3 Å². The molecule has 5 nitrogen and oxygen atoms in total. The smallest absolute Gasteiger partial charge is 0.276 e. The number of nitrogens with zero attached hydrogens (tertiary/aromatic N) is 3. The molecule has 1 amide bonds. The van der Waals surface area contributed by atoms with Gasteiger partial charge in [0.15, 0.2) is 10.3 Å². The van der Waals surface area contributed by atoms with Crippen molar-refractivity contribution in [2.45, 2.75) is 25.4 Å². The average molecular weight is 376 g/mol. The van der Waals surface area contributed by atoms with Gasteiger partial charge in [-0.1, -0.05) is 18.7 Å². The Labute approximate surface area is 153 Å². The molecule has 25 heavy (non-hydrogen) atoms. The predicted molar refractivity (Wildman–Crippen MR) is 99.5 cm³/mol. The van der Waals surface area contributed by atoms with Crippen molar-refractivity contribution in [1.29, 1.82) is 0 Å². The number of hydrogen-bond acceptors (Lipinski definition) is 5. The largest absolute Gasteiger partial charge is 0.296 e. The maximum absolute atomic E-state index is 13.2. The molecule has 2 aromatic heterocycles. The van der Waals surface area contributed by atoms with Crippen molar-refractivity contribution in [3.63, 3.8) is 0 Å². The van der Waals surface area contributed by atoms with Gasteiger partial charge in [-0.25, -0.2) is 14.4 Å². The molecule has 0 saturated heterocycles. The van der Waals surface area contributed by atoms with Crippen LogP contribution in [-0.4, -0.2) is 26.7 Å². The van der Waals surface area contributed by atoms with E-state index in [0.717, 1.165) is 17.0 Å². The van der Waals surface area contributed by atoms with Crippen molar-refractivity contribution in [2.24, 2.45) is 0 Å². The van der Waals surface area contributed by atoms with Gasteiger partial charge in [0.25, 0.3) is 5.91 Å². The van der Waals surface area contributed by atoms with E-state index in [1.807, 2.05) is 20.1 Å². The monoisotopic (exact) mass is 376 g/mol. The van der Waals surface area contributed by atoms with Crippen LogP contribution in [0.15, 0.2) is 35.6 Å². The Morgan fingerprint density at radius 2 is 2.08 bits per heavy atom. The minimum absolute atomic E-state index is 0.298. The molecular formula is C17H17FN4OS2. The highest BCUT2D eigenvalue weighted by atomic mass is 32.2. The van der Waals surface area contributed by atoms with Gasteiger partial charge in [-0.2, -0.15) is 0 Å². The van der Waals surface area contributed by atoms with E-state index >= 15 is 0 Å². The van der Waals surface area contributed by atoms with E-state index in [0.29, 0.717) is 21.7 Å². The van der Waals surface area contributed by atoms with Crippen LogP contribution < -0.4 is 5.32 Å². The second-order valence-electron chi connectivity index (χ2n) is 5.27. The Morgan fingerprint density at radius 1 is 1.36 bits per heavy atom. The van der Waals surface area contributed by atoms with Crippen LogP contribution in [0.4, 0.5) is 9.52 Å². The quantitative estimate of drug-likeness (QED) is 0.674. The molecule has 0 spiro atoms. The third kappa shape index (κ3) is 3.59. The molecule has 0 fully saturated rings. The molecule has 8 heteroatoms. The molecule has 3 rings (SSSR count). The van der Waals surface area contributed by atoms with Crippen LogP contribution in [0.5, 0.6) is 0 Å². The van der Waals surface area contributed by atoms with Crippen molar-refractivity contribution in [3.8, 4) is 5.69 Å². The minimum Gasteiger partial charge on any atom is -0.296 e. The lowest BCUT2D eigenvalue weighted by Crippen LogP contribution is -2.16. The van der Waals surface area contributed by atoms with Crippen LogP contribution >= 0.6 is 23.1 Å². The van der Waals surface area contributed by atoms with Crippen LogP contribution in [0.2, 0.25) is 0 Å². The Bertz CT molecular complexity index is 902. The number of aromatic nitrogens is 3. The standard InChI is InChI=1S/C17H17FN4OS2/c1-4-13-10(2)25-16(20-13)21-15(23)14-9-19-17(24-3)22(14)12-7-5-11(18)6-8-12/h5-9H,4H2,1-3H3,(H,20,21,23). The maximum atomic E-state index is 13.2. The summed E-state index contributed by atoms with van der Waals surface area (Å²) in [5, 5.41) is 4.06. The molecule has 2 heterocycles. The van der Waals surface area contributed by atoms with Gasteiger partial charge in [0.1, 0.15) is 11.5 Å². The topological polar surface area (TPSA) is 59.8 Å². The fraction of sp³-hybridized carbons (Fsp3) is 0.235. The predicted octanol–water partition coefficient (Wildman–Crippen LogP) is 4.31. The van der Waals surface area contributed by atoms with Crippen LogP contribution in [0.1, 0.15) is 28.0 Å². The number of halogens is 1. The first-order valence-electron chi connectivity index (χ1n) is 7.68. The molecule has 1 aromatic carbocycles. The van der Waals surface area contributed by atoms with Gasteiger partial charge in [-0.3, -0.25) is 14.7 Å². The second-order valence-corrected chi connectivity index (χ2v) is 7.25. The summed E-state index contributed by atoms with van der Waals surface area (Å²) in [5.74, 6) is -0.626. The third-order valence-corrected chi connectivity index (χ3v) is 5.26. The van der Waals surface area contributed by atoms with E-state index in [-0.39, 0.29) is 11.7 Å². The molecule has 0 unspecified atom stereocenters. The van der Waals surface area contributed by atoms with Crippen molar-refractivity contribution in [2.75, 3.05) is 11.6 Å². The molecule has 0 aliphatic carbocycles. The second kappa shape index (κ2) is 7.37. The number of aryl methyl sites for hydroxylation is 2. The van der Waals surface area contributed by atoms with Crippen molar-refractivity contribution in [1.82, 2.24) is 14.5 Å². The lowest BCUT2D eigenvalue weighted by atomic mass is 10.3. The Balaban J connectivity index is 1.95. The van der Waals surface area contributed by atoms with E-state index in [9.17, 15) is 9.18 Å². The summed E-state index contributed by atoms with van der Waals surface area (Å²) in [6, 6.07) is 5.96. The molecule has 0 aliphatic heterocycles. The number of benzene rings is 1. The first-order valence-corrected chi connectivity index (χ1v) is 9.73. The summed E-state index contributed by atoms with van der Waals surface area (Å²) in [6.45, 7) is 4.02. The van der Waals surface area contributed by atoms with Gasteiger partial charge in [0.05, 0.1) is 11.9 Å². The molecule has 3 aromatic rings. The van der Waals surface area contributed by atoms with Gasteiger partial charge in [-0.05, 0) is 43.9 Å². The minimum atomic E-state index is -0.328. The number of rotatable bonds is 5. The summed E-state index contributed by atoms with van der Waals surface area (Å²) in [4.78, 5) is 22.5. The van der Waals surface area contributed by atoms with Gasteiger partial charge in [0.2, 0.25) is 0 Å². The Kier molecular flexibility index (Phi) is 5.19. The van der Waals surface area contributed by atoms with Crippen molar-refractivity contribution >= 4 is 34.1 Å². The molecule has 0 bridgehead atoms. The number of nitrogens with one attached hydrogen (secondary N) is 1. The summed E-state index contributed by atoms with van der Waals surface area (Å²) in [6.07, 6.45) is 4.22. The number of anilines is 1. The number of hydrogen-bond donors (Lipinski definition) is 1. The third-order valence-electron chi connectivity index (χ3n) is 3.68. The lowest BCUT2D eigenvalue weighted by molar-refractivity contribution is 0.102. The molecule has 0 saturated carbocycles. The highest BCUT2D eigenvalue weighted by molar-refractivity contribution is 7.98. The molecule has 0 radical (unpaired) electrons. The van der Waals surface area contributed by atoms with Gasteiger partial charge < -0.3 is 0 Å². The van der Waals surface area contributed by atoms with Gasteiger partial charge in [0, 0.05) is 10.6 Å². The zero-order valence-corrected chi connectivity index (χ0v) is 15.7. The normalized spacial score (nSPS) is 10.9. The number of amides is 1. The average Bonchev–Trinajstić information content (AvgIpc) is 3.18. The summed E-state index contributed by atoms with van der Waals surface area (Å²) < 4.78 is 14.9. The Hall–Kier alpha value is -2.19. The van der Waals surface area contributed by atoms with E-state index in [1.54, 1.807) is 16.7 Å². The molecule has 0 aliphatic rings. The fourth-order valence-electron chi connectivity index (χ4n) is 2.45. The zero-order chi connectivity index (χ0) is 18.0. The summed E-state index contributed by atoms with van der Waals surface area (Å²) in [5.41, 5.74) is 2.04. The van der Waals surface area contributed by atoms with Crippen LogP contribution in [-0.2, 0) is 6.42 Å². The van der Waals surface area contributed by atoms with E-state index < -0.39 is 0 Å². The lowest BCUT2D eigenvalue weighted by Gasteiger charge is -2.10. The molecule has 1 N–H and O–H groups in total. The van der Waals surface area contributed by atoms with Crippen molar-refractivity contribution in [3.05, 3.63) is 52.5 Å². The molecular weight excluding hydrogens is 359 g/mol. The van der Waals surface area contributed by atoms with E-state index in [2.05, 4.69) is 15.3 Å². The zero-order valence-electron chi connectivity index (χ0n) is 14.0.